The van der Waals surface area contributed by atoms with Crippen molar-refractivity contribution < 1.29 is 14.3 Å². The van der Waals surface area contributed by atoms with E-state index in [9.17, 15) is 4.79 Å². The summed E-state index contributed by atoms with van der Waals surface area (Å²) in [7, 11) is 1.56. The number of aromatic nitrogens is 1. The van der Waals surface area contributed by atoms with Crippen LogP contribution in [0.15, 0.2) is 47.8 Å². The van der Waals surface area contributed by atoms with Gasteiger partial charge in [0.2, 0.25) is 0 Å². The fourth-order valence-corrected chi connectivity index (χ4v) is 3.36. The molecule has 3 rings (SSSR count). The van der Waals surface area contributed by atoms with Gasteiger partial charge in [-0.2, -0.15) is 0 Å². The number of hydrogen-bond donors (Lipinski definition) is 0. The number of rotatable bonds is 7. The van der Waals surface area contributed by atoms with Crippen molar-refractivity contribution in [3.63, 3.8) is 0 Å². The summed E-state index contributed by atoms with van der Waals surface area (Å²) in [6.07, 6.45) is 1.03. The van der Waals surface area contributed by atoms with Crippen molar-refractivity contribution in [3.8, 4) is 22.1 Å². The maximum Gasteiger partial charge on any atom is 0.161 e. The molecule has 0 saturated heterocycles. The van der Waals surface area contributed by atoms with Crippen LogP contribution in [0, 0.1) is 0 Å². The number of nitrogens with zero attached hydrogens (tertiary/aromatic N) is 1. The van der Waals surface area contributed by atoms with E-state index < -0.39 is 0 Å². The number of methoxy groups -OCH3 is 1. The summed E-state index contributed by atoms with van der Waals surface area (Å²) in [5, 5.41) is 2.98. The number of hydrogen-bond acceptors (Lipinski definition) is 5. The summed E-state index contributed by atoms with van der Waals surface area (Å²) >= 11 is 1.60. The van der Waals surface area contributed by atoms with E-state index in [1.54, 1.807) is 36.6 Å². The minimum Gasteiger partial charge on any atom is -0.493 e. The molecule has 0 fully saturated rings. The summed E-state index contributed by atoms with van der Waals surface area (Å²) in [5.74, 6) is 1.13. The molecular formula is C21H21NO3S. The van der Waals surface area contributed by atoms with E-state index in [1.165, 1.54) is 12.5 Å². The van der Waals surface area contributed by atoms with Gasteiger partial charge in [-0.3, -0.25) is 4.79 Å². The average molecular weight is 367 g/mol. The second-order valence-electron chi connectivity index (χ2n) is 5.90. The summed E-state index contributed by atoms with van der Waals surface area (Å²) < 4.78 is 11.2. The van der Waals surface area contributed by atoms with E-state index in [1.807, 2.05) is 5.38 Å². The Bertz CT molecular complexity index is 900. The highest BCUT2D eigenvalue weighted by Gasteiger charge is 2.10. The number of ketones is 1. The molecule has 4 nitrogen and oxygen atoms in total. The second-order valence-corrected chi connectivity index (χ2v) is 6.76. The third-order valence-electron chi connectivity index (χ3n) is 4.11. The van der Waals surface area contributed by atoms with Gasteiger partial charge in [0.25, 0.3) is 0 Å². The molecule has 0 aliphatic rings. The largest absolute Gasteiger partial charge is 0.493 e. The van der Waals surface area contributed by atoms with Crippen LogP contribution in [0.5, 0.6) is 11.5 Å². The first kappa shape index (κ1) is 18.1. The van der Waals surface area contributed by atoms with Crippen molar-refractivity contribution in [1.82, 2.24) is 4.98 Å². The van der Waals surface area contributed by atoms with E-state index in [0.29, 0.717) is 23.7 Å². The van der Waals surface area contributed by atoms with Gasteiger partial charge in [0.1, 0.15) is 11.6 Å². The van der Waals surface area contributed by atoms with Crippen molar-refractivity contribution in [2.45, 2.75) is 26.9 Å². The molecule has 0 amide bonds. The Morgan fingerprint density at radius 3 is 2.54 bits per heavy atom. The first-order valence-electron chi connectivity index (χ1n) is 8.46. The Hall–Kier alpha value is -2.66. The van der Waals surface area contributed by atoms with Gasteiger partial charge in [-0.25, -0.2) is 4.98 Å². The van der Waals surface area contributed by atoms with Crippen LogP contribution in [0.3, 0.4) is 0 Å². The van der Waals surface area contributed by atoms with Crippen LogP contribution in [-0.2, 0) is 13.0 Å². The highest BCUT2D eigenvalue weighted by molar-refractivity contribution is 7.13. The molecule has 0 radical (unpaired) electrons. The van der Waals surface area contributed by atoms with Crippen molar-refractivity contribution in [1.29, 1.82) is 0 Å². The third kappa shape index (κ3) is 4.11. The quantitative estimate of drug-likeness (QED) is 0.541. The Morgan fingerprint density at radius 1 is 1.12 bits per heavy atom. The lowest BCUT2D eigenvalue weighted by molar-refractivity contribution is 0.101. The maximum absolute atomic E-state index is 11.5. The molecule has 2 aromatic carbocycles. The number of carbonyl (C=O) groups excluding carboxylic acids is 1. The van der Waals surface area contributed by atoms with E-state index in [-0.39, 0.29) is 5.78 Å². The average Bonchev–Trinajstić information content (AvgIpc) is 3.15. The Morgan fingerprint density at radius 2 is 1.88 bits per heavy atom. The van der Waals surface area contributed by atoms with Gasteiger partial charge in [-0.15, -0.1) is 11.3 Å². The van der Waals surface area contributed by atoms with E-state index in [4.69, 9.17) is 9.47 Å². The molecule has 0 aliphatic carbocycles. The monoisotopic (exact) mass is 367 g/mol. The van der Waals surface area contributed by atoms with Gasteiger partial charge in [-0.05, 0) is 37.1 Å². The molecular weight excluding hydrogens is 346 g/mol. The molecule has 1 heterocycles. The second kappa shape index (κ2) is 8.15. The molecule has 0 atom stereocenters. The fourth-order valence-electron chi connectivity index (χ4n) is 2.55. The van der Waals surface area contributed by atoms with Crippen LogP contribution in [0.4, 0.5) is 0 Å². The first-order valence-corrected chi connectivity index (χ1v) is 9.34. The van der Waals surface area contributed by atoms with Gasteiger partial charge in [0, 0.05) is 16.5 Å². The van der Waals surface area contributed by atoms with Crippen LogP contribution in [0.2, 0.25) is 0 Å². The summed E-state index contributed by atoms with van der Waals surface area (Å²) in [6.45, 7) is 4.02. The molecule has 134 valence electrons. The Labute approximate surface area is 157 Å². The molecule has 0 N–H and O–H groups in total. The van der Waals surface area contributed by atoms with Crippen LogP contribution >= 0.6 is 11.3 Å². The van der Waals surface area contributed by atoms with E-state index >= 15 is 0 Å². The molecule has 3 aromatic rings. The van der Waals surface area contributed by atoms with Gasteiger partial charge >= 0.3 is 0 Å². The van der Waals surface area contributed by atoms with Crippen molar-refractivity contribution in [2.75, 3.05) is 7.11 Å². The molecule has 26 heavy (non-hydrogen) atoms. The maximum atomic E-state index is 11.5. The standard InChI is InChI=1S/C21H21NO3S/c1-4-15-5-7-16(8-6-15)21-22-18(13-26-21)12-25-19-10-9-17(14(2)23)11-20(19)24-3/h5-11,13H,4,12H2,1-3H3. The minimum absolute atomic E-state index is 0.00640. The number of benzene rings is 2. The molecule has 0 bridgehead atoms. The number of carbonyl (C=O) groups is 1. The van der Waals surface area contributed by atoms with Crippen LogP contribution in [-0.4, -0.2) is 17.9 Å². The van der Waals surface area contributed by atoms with Crippen LogP contribution in [0.25, 0.3) is 10.6 Å². The highest BCUT2D eigenvalue weighted by atomic mass is 32.1. The predicted molar refractivity (Wildman–Crippen MR) is 104 cm³/mol. The molecule has 1 aromatic heterocycles. The lowest BCUT2D eigenvalue weighted by atomic mass is 10.1. The summed E-state index contributed by atoms with van der Waals surface area (Å²) in [6, 6.07) is 13.7. The third-order valence-corrected chi connectivity index (χ3v) is 5.05. The lowest BCUT2D eigenvalue weighted by Crippen LogP contribution is -2.00. The van der Waals surface area contributed by atoms with E-state index in [2.05, 4.69) is 36.2 Å². The zero-order valence-electron chi connectivity index (χ0n) is 15.1. The molecule has 0 saturated carbocycles. The van der Waals surface area contributed by atoms with Gasteiger partial charge < -0.3 is 9.47 Å². The first-order chi connectivity index (χ1) is 12.6. The molecule has 5 heteroatoms. The minimum atomic E-state index is -0.00640. The lowest BCUT2D eigenvalue weighted by Gasteiger charge is -2.10. The Kier molecular flexibility index (Phi) is 5.68. The molecule has 0 spiro atoms. The van der Waals surface area contributed by atoms with Crippen molar-refractivity contribution in [3.05, 3.63) is 64.7 Å². The fraction of sp³-hybridized carbons (Fsp3) is 0.238. The molecule has 0 unspecified atom stereocenters. The number of aryl methyl sites for hydroxylation is 1. The van der Waals surface area contributed by atoms with E-state index in [0.717, 1.165) is 22.7 Å². The van der Waals surface area contributed by atoms with Gasteiger partial charge in [0.05, 0.1) is 12.8 Å². The smallest absolute Gasteiger partial charge is 0.161 e. The number of ether oxygens (including phenoxy) is 2. The Balaban J connectivity index is 1.70. The zero-order valence-corrected chi connectivity index (χ0v) is 15.9. The summed E-state index contributed by atoms with van der Waals surface area (Å²) in [4.78, 5) is 16.1. The SMILES string of the molecule is CCc1ccc(-c2nc(COc3ccc(C(C)=O)cc3OC)cs2)cc1. The van der Waals surface area contributed by atoms with Gasteiger partial charge in [0.15, 0.2) is 17.3 Å². The number of thiazole rings is 1. The highest BCUT2D eigenvalue weighted by Crippen LogP contribution is 2.30. The summed E-state index contributed by atoms with van der Waals surface area (Å²) in [5.41, 5.74) is 3.89. The van der Waals surface area contributed by atoms with Crippen LogP contribution < -0.4 is 9.47 Å². The van der Waals surface area contributed by atoms with Gasteiger partial charge in [-0.1, -0.05) is 31.2 Å². The topological polar surface area (TPSA) is 48.4 Å². The zero-order chi connectivity index (χ0) is 18.5. The predicted octanol–water partition coefficient (Wildman–Crippen LogP) is 5.16. The molecule has 0 aliphatic heterocycles. The van der Waals surface area contributed by atoms with Crippen molar-refractivity contribution >= 4 is 17.1 Å². The normalized spacial score (nSPS) is 10.6. The number of Topliss-reactive ketones (excluding diaryl/α,β-unsaturated/α-hetero) is 1. The van der Waals surface area contributed by atoms with Crippen LogP contribution in [0.1, 0.15) is 35.5 Å². The van der Waals surface area contributed by atoms with Crippen molar-refractivity contribution in [2.24, 2.45) is 0 Å².